The first-order valence-corrected chi connectivity index (χ1v) is 12.2. The van der Waals surface area contributed by atoms with Crippen LogP contribution in [0.4, 0.5) is 4.39 Å². The number of benzene rings is 1. The molecule has 1 aromatic carbocycles. The molecule has 0 amide bonds. The Balaban J connectivity index is 1.23. The first-order valence-electron chi connectivity index (χ1n) is 12.2. The standard InChI is InChI=1S/C26H34FN3O2/c1-29(2)6-7-32-25-17-8-16-9-18(25)13-26(11-16,12-17)23(31)10-21-24-19(4-3-5-20(24)27)22-14-28-15-30(21)22/h3-5,14-18,21,23,25,31H,6-13H2,1-2H3/t16?,17-,18?,21?,23?,25?,26?/m1/s1. The molecule has 5 nitrogen and oxygen atoms in total. The van der Waals surface area contributed by atoms with Gasteiger partial charge in [-0.3, -0.25) is 0 Å². The minimum Gasteiger partial charge on any atom is -0.392 e. The highest BCUT2D eigenvalue weighted by molar-refractivity contribution is 5.69. The summed E-state index contributed by atoms with van der Waals surface area (Å²) in [4.78, 5) is 6.48. The van der Waals surface area contributed by atoms with E-state index < -0.39 is 6.10 Å². The van der Waals surface area contributed by atoms with E-state index >= 15 is 0 Å². The molecular formula is C26H34FN3O2. The lowest BCUT2D eigenvalue weighted by molar-refractivity contribution is -0.190. The maximum atomic E-state index is 14.9. The van der Waals surface area contributed by atoms with Gasteiger partial charge in [-0.1, -0.05) is 12.1 Å². The number of ether oxygens (including phenoxy) is 1. The van der Waals surface area contributed by atoms with E-state index in [1.807, 2.05) is 12.3 Å². The monoisotopic (exact) mass is 439 g/mol. The lowest BCUT2D eigenvalue weighted by Gasteiger charge is -2.61. The summed E-state index contributed by atoms with van der Waals surface area (Å²) in [6.45, 7) is 1.74. The summed E-state index contributed by atoms with van der Waals surface area (Å²) in [7, 11) is 4.17. The van der Waals surface area contributed by atoms with Crippen molar-refractivity contribution in [2.45, 2.75) is 56.8 Å². The van der Waals surface area contributed by atoms with Gasteiger partial charge in [0, 0.05) is 17.7 Å². The van der Waals surface area contributed by atoms with E-state index in [2.05, 4.69) is 28.5 Å². The first-order chi connectivity index (χ1) is 15.4. The van der Waals surface area contributed by atoms with Crippen molar-refractivity contribution in [2.75, 3.05) is 27.2 Å². The average Bonchev–Trinajstić information content (AvgIpc) is 3.33. The number of fused-ring (bicyclic) bond motifs is 3. The van der Waals surface area contributed by atoms with Gasteiger partial charge >= 0.3 is 0 Å². The number of nitrogens with zero attached hydrogens (tertiary/aromatic N) is 3. The van der Waals surface area contributed by atoms with E-state index in [9.17, 15) is 9.50 Å². The molecule has 1 aromatic heterocycles. The Bertz CT molecular complexity index is 989. The van der Waals surface area contributed by atoms with Gasteiger partial charge in [-0.15, -0.1) is 0 Å². The van der Waals surface area contributed by atoms with Crippen molar-refractivity contribution in [1.82, 2.24) is 14.5 Å². The van der Waals surface area contributed by atoms with Crippen LogP contribution in [0.5, 0.6) is 0 Å². The number of aliphatic hydroxyl groups excluding tert-OH is 1. The van der Waals surface area contributed by atoms with Crippen LogP contribution in [0.15, 0.2) is 30.7 Å². The van der Waals surface area contributed by atoms with Gasteiger partial charge in [-0.05, 0) is 81.9 Å². The van der Waals surface area contributed by atoms with E-state index in [1.54, 1.807) is 18.5 Å². The number of rotatable bonds is 7. The summed E-state index contributed by atoms with van der Waals surface area (Å²) >= 11 is 0. The molecule has 4 bridgehead atoms. The van der Waals surface area contributed by atoms with Crippen LogP contribution in [0.2, 0.25) is 0 Å². The van der Waals surface area contributed by atoms with Crippen molar-refractivity contribution in [2.24, 2.45) is 23.2 Å². The third-order valence-electron chi connectivity index (χ3n) is 8.90. The van der Waals surface area contributed by atoms with Gasteiger partial charge in [-0.2, -0.15) is 0 Å². The third kappa shape index (κ3) is 3.17. The molecule has 0 saturated heterocycles. The van der Waals surface area contributed by atoms with Crippen LogP contribution in [-0.4, -0.2) is 59.0 Å². The summed E-state index contributed by atoms with van der Waals surface area (Å²) in [5, 5.41) is 11.7. The van der Waals surface area contributed by atoms with E-state index in [0.717, 1.165) is 49.2 Å². The van der Waals surface area contributed by atoms with Crippen LogP contribution < -0.4 is 0 Å². The smallest absolute Gasteiger partial charge is 0.129 e. The molecule has 7 rings (SSSR count). The predicted octanol–water partition coefficient (Wildman–Crippen LogP) is 4.12. The van der Waals surface area contributed by atoms with E-state index in [0.29, 0.717) is 30.3 Å². The van der Waals surface area contributed by atoms with Crippen molar-refractivity contribution < 1.29 is 14.2 Å². The van der Waals surface area contributed by atoms with Crippen LogP contribution in [-0.2, 0) is 4.74 Å². The molecule has 2 aromatic rings. The van der Waals surface area contributed by atoms with Gasteiger partial charge in [-0.25, -0.2) is 9.37 Å². The molecule has 7 atom stereocenters. The fraction of sp³-hybridized carbons (Fsp3) is 0.654. The van der Waals surface area contributed by atoms with Crippen molar-refractivity contribution in [3.05, 3.63) is 42.1 Å². The number of aliphatic hydroxyl groups is 1. The van der Waals surface area contributed by atoms with Gasteiger partial charge in [0.2, 0.25) is 0 Å². The summed E-state index contributed by atoms with van der Waals surface area (Å²) in [6, 6.07) is 5.09. The number of halogens is 1. The van der Waals surface area contributed by atoms with Crippen LogP contribution in [0, 0.1) is 29.0 Å². The van der Waals surface area contributed by atoms with Gasteiger partial charge in [0.05, 0.1) is 43.1 Å². The molecule has 6 heteroatoms. The summed E-state index contributed by atoms with van der Waals surface area (Å²) in [6.07, 6.45) is 9.73. The molecule has 1 N–H and O–H groups in total. The third-order valence-corrected chi connectivity index (χ3v) is 8.90. The molecule has 172 valence electrons. The minimum absolute atomic E-state index is 0.0489. The lowest BCUT2D eigenvalue weighted by atomic mass is 9.46. The second-order valence-electron chi connectivity index (χ2n) is 11.1. The quantitative estimate of drug-likeness (QED) is 0.705. The highest BCUT2D eigenvalue weighted by atomic mass is 19.1. The Hall–Kier alpha value is -1.76. The number of hydrogen-bond donors (Lipinski definition) is 1. The first kappa shape index (κ1) is 20.8. The van der Waals surface area contributed by atoms with Crippen LogP contribution in [0.3, 0.4) is 0 Å². The van der Waals surface area contributed by atoms with Crippen molar-refractivity contribution >= 4 is 0 Å². The molecule has 32 heavy (non-hydrogen) atoms. The van der Waals surface area contributed by atoms with Crippen molar-refractivity contribution in [1.29, 1.82) is 0 Å². The fourth-order valence-electron chi connectivity index (χ4n) is 7.78. The summed E-state index contributed by atoms with van der Waals surface area (Å²) in [5.74, 6) is 1.62. The molecule has 5 aliphatic rings. The topological polar surface area (TPSA) is 50.5 Å². The zero-order valence-corrected chi connectivity index (χ0v) is 19.1. The van der Waals surface area contributed by atoms with Gasteiger partial charge in [0.15, 0.2) is 0 Å². The lowest BCUT2D eigenvalue weighted by Crippen LogP contribution is -2.58. The summed E-state index contributed by atoms with van der Waals surface area (Å²) < 4.78 is 23.3. The number of hydrogen-bond acceptors (Lipinski definition) is 4. The second-order valence-corrected chi connectivity index (χ2v) is 11.1. The van der Waals surface area contributed by atoms with Crippen molar-refractivity contribution in [3.8, 4) is 11.3 Å². The zero-order valence-electron chi connectivity index (χ0n) is 19.1. The highest BCUT2D eigenvalue weighted by Gasteiger charge is 2.58. The number of likely N-dealkylation sites (N-methyl/N-ethyl adjacent to an activating group) is 1. The molecule has 0 spiro atoms. The van der Waals surface area contributed by atoms with Crippen LogP contribution in [0.1, 0.15) is 50.1 Å². The Kier molecular flexibility index (Phi) is 4.97. The van der Waals surface area contributed by atoms with Gasteiger partial charge in [0.1, 0.15) is 5.82 Å². The normalized spacial score (nSPS) is 35.3. The summed E-state index contributed by atoms with van der Waals surface area (Å²) in [5.41, 5.74) is 2.54. The Morgan fingerprint density at radius 1 is 1.25 bits per heavy atom. The maximum absolute atomic E-state index is 14.9. The van der Waals surface area contributed by atoms with Crippen molar-refractivity contribution in [3.63, 3.8) is 0 Å². The molecule has 0 radical (unpaired) electrons. The number of imidazole rings is 1. The molecule has 2 heterocycles. The molecular weight excluding hydrogens is 405 g/mol. The van der Waals surface area contributed by atoms with E-state index in [-0.39, 0.29) is 17.3 Å². The van der Waals surface area contributed by atoms with Crippen LogP contribution in [0.25, 0.3) is 11.3 Å². The molecule has 1 aliphatic heterocycles. The Morgan fingerprint density at radius 3 is 2.78 bits per heavy atom. The zero-order chi connectivity index (χ0) is 22.0. The van der Waals surface area contributed by atoms with Gasteiger partial charge in [0.25, 0.3) is 0 Å². The Labute approximate surface area is 189 Å². The molecule has 6 unspecified atom stereocenters. The van der Waals surface area contributed by atoms with Gasteiger partial charge < -0.3 is 19.3 Å². The average molecular weight is 440 g/mol. The molecule has 4 aliphatic carbocycles. The molecule has 4 saturated carbocycles. The number of aromatic nitrogens is 2. The molecule has 4 fully saturated rings. The predicted molar refractivity (Wildman–Crippen MR) is 121 cm³/mol. The van der Waals surface area contributed by atoms with E-state index in [1.165, 1.54) is 12.8 Å². The minimum atomic E-state index is -0.441. The fourth-order valence-corrected chi connectivity index (χ4v) is 7.78. The van der Waals surface area contributed by atoms with E-state index in [4.69, 9.17) is 4.74 Å². The second kappa shape index (κ2) is 7.64. The highest BCUT2D eigenvalue weighted by Crippen LogP contribution is 2.63. The van der Waals surface area contributed by atoms with Crippen LogP contribution >= 0.6 is 0 Å². The largest absolute Gasteiger partial charge is 0.392 e. The maximum Gasteiger partial charge on any atom is 0.129 e. The SMILES string of the molecule is CN(C)CCOC1C2CC3C[C@@H]1CC(C(O)CC1c4c(F)cccc4-c4cncn41)(C3)C2. The Morgan fingerprint density at radius 2 is 2.03 bits per heavy atom.